The lowest BCUT2D eigenvalue weighted by atomic mass is 9.77. The number of carboxylic acid groups (broad SMARTS) is 1. The number of anilines is 2. The van der Waals surface area contributed by atoms with Gasteiger partial charge in [-0.2, -0.15) is 15.2 Å². The van der Waals surface area contributed by atoms with Crippen LogP contribution in [0.2, 0.25) is 0 Å². The number of hydrogen-bond acceptors (Lipinski definition) is 6. The molecule has 1 saturated carbocycles. The number of hydrazone groups is 2. The maximum Gasteiger partial charge on any atom is 0.306 e. The highest BCUT2D eigenvalue weighted by Crippen LogP contribution is 2.42. The highest BCUT2D eigenvalue weighted by molar-refractivity contribution is 6.71. The summed E-state index contributed by atoms with van der Waals surface area (Å²) in [7, 11) is 0. The quantitative estimate of drug-likeness (QED) is 0.458. The Hall–Kier alpha value is -3.68. The topological polar surface area (TPSA) is 115 Å². The summed E-state index contributed by atoms with van der Waals surface area (Å²) < 4.78 is 0. The first-order valence-corrected chi connectivity index (χ1v) is 11.1. The number of carboxylic acids is 1. The molecule has 0 saturated heterocycles. The van der Waals surface area contributed by atoms with E-state index >= 15 is 0 Å². The SMILES string of the molecule is CC1=NN(c2ccc(C)c(C)c2)C(=O)C1=NNc1cccc(C2CCCC(C(=O)O)C2)c1O. The Morgan fingerprint density at radius 2 is 1.94 bits per heavy atom. The van der Waals surface area contributed by atoms with Crippen LogP contribution in [0.1, 0.15) is 55.2 Å². The average Bonchev–Trinajstić information content (AvgIpc) is 3.08. The second-order valence-corrected chi connectivity index (χ2v) is 8.79. The molecule has 172 valence electrons. The summed E-state index contributed by atoms with van der Waals surface area (Å²) in [5, 5.41) is 30.2. The first-order valence-electron chi connectivity index (χ1n) is 11.1. The number of phenolic OH excluding ortho intramolecular Hbond substituents is 1. The number of carbonyl (C=O) groups is 2. The fourth-order valence-corrected chi connectivity index (χ4v) is 4.45. The van der Waals surface area contributed by atoms with Gasteiger partial charge < -0.3 is 10.2 Å². The van der Waals surface area contributed by atoms with Crippen LogP contribution in [0.3, 0.4) is 0 Å². The van der Waals surface area contributed by atoms with Gasteiger partial charge in [-0.05, 0) is 80.8 Å². The van der Waals surface area contributed by atoms with E-state index in [1.54, 1.807) is 19.1 Å². The van der Waals surface area contributed by atoms with E-state index in [4.69, 9.17) is 0 Å². The van der Waals surface area contributed by atoms with Gasteiger partial charge in [0.15, 0.2) is 5.71 Å². The van der Waals surface area contributed by atoms with Gasteiger partial charge in [0.2, 0.25) is 0 Å². The van der Waals surface area contributed by atoms with Gasteiger partial charge in [0, 0.05) is 0 Å². The zero-order valence-electron chi connectivity index (χ0n) is 19.0. The number of amides is 1. The Morgan fingerprint density at radius 3 is 2.67 bits per heavy atom. The predicted molar refractivity (Wildman–Crippen MR) is 128 cm³/mol. The van der Waals surface area contributed by atoms with E-state index in [0.29, 0.717) is 35.5 Å². The first-order chi connectivity index (χ1) is 15.8. The Balaban J connectivity index is 1.54. The maximum absolute atomic E-state index is 13.0. The number of nitrogens with one attached hydrogen (secondary N) is 1. The highest BCUT2D eigenvalue weighted by atomic mass is 16.4. The van der Waals surface area contributed by atoms with Crippen LogP contribution in [0.15, 0.2) is 46.6 Å². The van der Waals surface area contributed by atoms with E-state index < -0.39 is 11.9 Å². The standard InChI is InChI=1S/C25H28N4O4/c1-14-10-11-19(12-15(14)2)29-24(31)22(16(3)28-29)27-26-21-9-5-8-20(23(21)30)17-6-4-7-18(13-17)25(32)33/h5,8-12,17-18,26,30H,4,6-7,13H2,1-3H3,(H,32,33). The van der Waals surface area contributed by atoms with E-state index in [1.165, 1.54) is 5.01 Å². The van der Waals surface area contributed by atoms with Crippen molar-refractivity contribution in [3.63, 3.8) is 0 Å². The summed E-state index contributed by atoms with van der Waals surface area (Å²) in [5.41, 5.74) is 7.38. The van der Waals surface area contributed by atoms with E-state index in [-0.39, 0.29) is 23.3 Å². The number of phenols is 1. The van der Waals surface area contributed by atoms with Gasteiger partial charge >= 0.3 is 11.9 Å². The van der Waals surface area contributed by atoms with Crippen LogP contribution in [-0.2, 0) is 9.59 Å². The Bertz CT molecular complexity index is 1170. The van der Waals surface area contributed by atoms with Crippen molar-refractivity contribution in [2.24, 2.45) is 16.1 Å². The molecule has 8 nitrogen and oxygen atoms in total. The number of aryl methyl sites for hydroxylation is 2. The molecule has 8 heteroatoms. The van der Waals surface area contributed by atoms with E-state index in [0.717, 1.165) is 24.0 Å². The van der Waals surface area contributed by atoms with Crippen molar-refractivity contribution in [3.8, 4) is 5.75 Å². The first kappa shape index (κ1) is 22.5. The molecule has 1 heterocycles. The van der Waals surface area contributed by atoms with Crippen LogP contribution in [0.25, 0.3) is 0 Å². The van der Waals surface area contributed by atoms with Crippen LogP contribution in [-0.4, -0.2) is 33.5 Å². The molecule has 0 bridgehead atoms. The zero-order chi connectivity index (χ0) is 23.7. The van der Waals surface area contributed by atoms with Crippen molar-refractivity contribution in [2.45, 2.75) is 52.4 Å². The summed E-state index contributed by atoms with van der Waals surface area (Å²) in [4.78, 5) is 24.4. The Labute approximate surface area is 192 Å². The number of rotatable bonds is 5. The summed E-state index contributed by atoms with van der Waals surface area (Å²) in [6, 6.07) is 11.0. The number of aliphatic carboxylic acids is 1. The number of aromatic hydroxyl groups is 1. The molecule has 3 N–H and O–H groups in total. The molecule has 2 aromatic rings. The molecule has 33 heavy (non-hydrogen) atoms. The Morgan fingerprint density at radius 1 is 1.15 bits per heavy atom. The van der Waals surface area contributed by atoms with Crippen LogP contribution in [0.4, 0.5) is 11.4 Å². The van der Waals surface area contributed by atoms with Gasteiger partial charge in [0.05, 0.1) is 23.0 Å². The molecule has 2 aliphatic rings. The minimum Gasteiger partial charge on any atom is -0.505 e. The molecule has 2 atom stereocenters. The van der Waals surface area contributed by atoms with E-state index in [1.807, 2.05) is 38.1 Å². The van der Waals surface area contributed by atoms with Gasteiger partial charge in [-0.3, -0.25) is 15.0 Å². The van der Waals surface area contributed by atoms with Crippen LogP contribution < -0.4 is 10.4 Å². The van der Waals surface area contributed by atoms with Gasteiger partial charge in [-0.25, -0.2) is 0 Å². The third-order valence-electron chi connectivity index (χ3n) is 6.54. The number of para-hydroxylation sites is 1. The van der Waals surface area contributed by atoms with Crippen molar-refractivity contribution in [1.29, 1.82) is 0 Å². The molecule has 1 aliphatic carbocycles. The molecule has 2 aromatic carbocycles. The maximum atomic E-state index is 13.0. The van der Waals surface area contributed by atoms with Gasteiger partial charge in [-0.1, -0.05) is 24.6 Å². The van der Waals surface area contributed by atoms with Gasteiger partial charge in [-0.15, -0.1) is 0 Å². The predicted octanol–water partition coefficient (Wildman–Crippen LogP) is 4.56. The lowest BCUT2D eigenvalue weighted by molar-refractivity contribution is -0.143. The minimum atomic E-state index is -0.789. The largest absolute Gasteiger partial charge is 0.505 e. The molecule has 1 amide bonds. The van der Waals surface area contributed by atoms with Crippen LogP contribution in [0.5, 0.6) is 5.75 Å². The molecule has 1 fully saturated rings. The van der Waals surface area contributed by atoms with Crippen molar-refractivity contribution in [3.05, 3.63) is 53.1 Å². The summed E-state index contributed by atoms with van der Waals surface area (Å²) in [6.07, 6.45) is 2.79. The smallest absolute Gasteiger partial charge is 0.306 e. The summed E-state index contributed by atoms with van der Waals surface area (Å²) in [5.74, 6) is -1.54. The Kier molecular flexibility index (Phi) is 6.18. The normalized spacial score (nSPS) is 21.9. The molecular formula is C25H28N4O4. The fraction of sp³-hybridized carbons (Fsp3) is 0.360. The number of carbonyl (C=O) groups excluding carboxylic acids is 1. The number of benzene rings is 2. The van der Waals surface area contributed by atoms with Crippen molar-refractivity contribution < 1.29 is 19.8 Å². The van der Waals surface area contributed by atoms with Crippen molar-refractivity contribution >= 4 is 34.7 Å². The molecular weight excluding hydrogens is 420 g/mol. The molecule has 4 rings (SSSR count). The van der Waals surface area contributed by atoms with E-state index in [9.17, 15) is 19.8 Å². The zero-order valence-corrected chi connectivity index (χ0v) is 19.0. The van der Waals surface area contributed by atoms with Crippen LogP contribution >= 0.6 is 0 Å². The molecule has 2 unspecified atom stereocenters. The highest BCUT2D eigenvalue weighted by Gasteiger charge is 2.32. The average molecular weight is 449 g/mol. The summed E-state index contributed by atoms with van der Waals surface area (Å²) in [6.45, 7) is 5.70. The summed E-state index contributed by atoms with van der Waals surface area (Å²) >= 11 is 0. The monoisotopic (exact) mass is 448 g/mol. The third-order valence-corrected chi connectivity index (χ3v) is 6.54. The molecule has 0 spiro atoms. The lowest BCUT2D eigenvalue weighted by Gasteiger charge is -2.27. The second kappa shape index (κ2) is 9.05. The van der Waals surface area contributed by atoms with Gasteiger partial charge in [0.25, 0.3) is 0 Å². The third kappa shape index (κ3) is 4.46. The number of hydrogen-bond donors (Lipinski definition) is 3. The van der Waals surface area contributed by atoms with E-state index in [2.05, 4.69) is 15.6 Å². The van der Waals surface area contributed by atoms with Crippen LogP contribution in [0, 0.1) is 19.8 Å². The molecule has 0 radical (unpaired) electrons. The number of nitrogens with zero attached hydrogens (tertiary/aromatic N) is 3. The lowest BCUT2D eigenvalue weighted by Crippen LogP contribution is -2.28. The fourth-order valence-electron chi connectivity index (χ4n) is 4.45. The van der Waals surface area contributed by atoms with Gasteiger partial charge in [0.1, 0.15) is 5.75 Å². The van der Waals surface area contributed by atoms with Crippen molar-refractivity contribution in [2.75, 3.05) is 10.4 Å². The van der Waals surface area contributed by atoms with Crippen molar-refractivity contribution in [1.82, 2.24) is 0 Å². The molecule has 0 aromatic heterocycles. The second-order valence-electron chi connectivity index (χ2n) is 8.79. The minimum absolute atomic E-state index is 0.0314. The molecule has 1 aliphatic heterocycles.